The predicted molar refractivity (Wildman–Crippen MR) is 136 cm³/mol. The maximum absolute atomic E-state index is 13.2. The van der Waals surface area contributed by atoms with Gasteiger partial charge in [-0.2, -0.15) is 0 Å². The number of hydrogen-bond donors (Lipinski definition) is 3. The number of allylic oxidation sites excluding steroid dienone is 2. The van der Waals surface area contributed by atoms with E-state index in [9.17, 15) is 20.1 Å². The standard InChI is InChI=1S/C30H48O4/c1-18(27(5,6)33)17-24(31)19(2)21-9-10-22-20-11-16-30(34)26(3,4)25(32)13-15-29(30,8)23(20)12-14-28(21,22)7/h17,19,21-22,25,32-34H,9-16H2,1-8H3/b18-17+. The first kappa shape index (κ1) is 26.1. The van der Waals surface area contributed by atoms with Gasteiger partial charge in [-0.1, -0.05) is 45.8 Å². The van der Waals surface area contributed by atoms with Gasteiger partial charge >= 0.3 is 0 Å². The fraction of sp³-hybridized carbons (Fsp3) is 0.833. The average Bonchev–Trinajstić information content (AvgIpc) is 3.09. The maximum atomic E-state index is 13.2. The molecule has 3 N–H and O–H groups in total. The molecule has 4 heteroatoms. The number of fused-ring (bicyclic) bond motifs is 4. The Morgan fingerprint density at radius 2 is 1.71 bits per heavy atom. The van der Waals surface area contributed by atoms with Crippen molar-refractivity contribution in [3.8, 4) is 0 Å². The fourth-order valence-electron chi connectivity index (χ4n) is 8.75. The van der Waals surface area contributed by atoms with Crippen molar-refractivity contribution in [3.05, 3.63) is 22.8 Å². The van der Waals surface area contributed by atoms with Gasteiger partial charge in [0.25, 0.3) is 0 Å². The zero-order valence-electron chi connectivity index (χ0n) is 22.8. The lowest BCUT2D eigenvalue weighted by Crippen LogP contribution is -2.66. The van der Waals surface area contributed by atoms with Crippen LogP contribution >= 0.6 is 0 Å². The molecule has 0 radical (unpaired) electrons. The Labute approximate surface area is 206 Å². The molecule has 0 amide bonds. The third-order valence-electron chi connectivity index (χ3n) is 11.7. The minimum absolute atomic E-state index is 0.0608. The number of hydrogen-bond acceptors (Lipinski definition) is 4. The molecule has 34 heavy (non-hydrogen) atoms. The largest absolute Gasteiger partial charge is 0.392 e. The number of carbonyl (C=O) groups excluding carboxylic acids is 1. The molecular weight excluding hydrogens is 424 g/mol. The van der Waals surface area contributed by atoms with Crippen molar-refractivity contribution in [2.24, 2.45) is 34.0 Å². The van der Waals surface area contributed by atoms with Crippen LogP contribution in [0, 0.1) is 34.0 Å². The molecule has 0 bridgehead atoms. The third-order valence-corrected chi connectivity index (χ3v) is 11.7. The smallest absolute Gasteiger partial charge is 0.158 e. The van der Waals surface area contributed by atoms with Crippen LogP contribution in [0.25, 0.3) is 0 Å². The van der Waals surface area contributed by atoms with Crippen LogP contribution in [0.3, 0.4) is 0 Å². The van der Waals surface area contributed by atoms with Gasteiger partial charge in [0.05, 0.1) is 17.3 Å². The van der Waals surface area contributed by atoms with E-state index in [4.69, 9.17) is 0 Å². The molecule has 0 spiro atoms. The molecule has 0 saturated heterocycles. The molecule has 4 nitrogen and oxygen atoms in total. The summed E-state index contributed by atoms with van der Waals surface area (Å²) >= 11 is 0. The Bertz CT molecular complexity index is 921. The quantitative estimate of drug-likeness (QED) is 0.360. The van der Waals surface area contributed by atoms with E-state index in [1.54, 1.807) is 25.5 Å². The van der Waals surface area contributed by atoms with Crippen molar-refractivity contribution in [2.45, 2.75) is 124 Å². The van der Waals surface area contributed by atoms with E-state index in [1.807, 2.05) is 6.92 Å². The van der Waals surface area contributed by atoms with Crippen molar-refractivity contribution < 1.29 is 20.1 Å². The van der Waals surface area contributed by atoms with E-state index >= 15 is 0 Å². The van der Waals surface area contributed by atoms with Gasteiger partial charge in [0.1, 0.15) is 0 Å². The minimum atomic E-state index is -0.974. The highest BCUT2D eigenvalue weighted by atomic mass is 16.3. The lowest BCUT2D eigenvalue weighted by atomic mass is 9.43. The average molecular weight is 473 g/mol. The second-order valence-electron chi connectivity index (χ2n) is 13.8. The van der Waals surface area contributed by atoms with E-state index in [0.29, 0.717) is 18.3 Å². The van der Waals surface area contributed by atoms with E-state index < -0.39 is 22.7 Å². The molecule has 7 unspecified atom stereocenters. The summed E-state index contributed by atoms with van der Waals surface area (Å²) in [6.07, 6.45) is 8.64. The van der Waals surface area contributed by atoms with Crippen LogP contribution < -0.4 is 0 Å². The Kier molecular flexibility index (Phi) is 6.15. The fourth-order valence-corrected chi connectivity index (χ4v) is 8.75. The highest BCUT2D eigenvalue weighted by molar-refractivity contribution is 5.92. The highest BCUT2D eigenvalue weighted by Crippen LogP contribution is 2.69. The summed E-state index contributed by atoms with van der Waals surface area (Å²) in [4.78, 5) is 13.2. The Morgan fingerprint density at radius 3 is 2.32 bits per heavy atom. The molecule has 4 aliphatic carbocycles. The predicted octanol–water partition coefficient (Wildman–Crippen LogP) is 5.74. The number of carbonyl (C=O) groups is 1. The first-order valence-corrected chi connectivity index (χ1v) is 13.6. The van der Waals surface area contributed by atoms with Crippen molar-refractivity contribution in [3.63, 3.8) is 0 Å². The van der Waals surface area contributed by atoms with Crippen LogP contribution in [0.2, 0.25) is 0 Å². The molecule has 0 heterocycles. The molecule has 0 aromatic heterocycles. The van der Waals surface area contributed by atoms with Crippen molar-refractivity contribution in [2.75, 3.05) is 0 Å². The van der Waals surface area contributed by atoms with Gasteiger partial charge in [-0.15, -0.1) is 0 Å². The molecule has 0 aromatic rings. The van der Waals surface area contributed by atoms with Crippen molar-refractivity contribution in [1.82, 2.24) is 0 Å². The van der Waals surface area contributed by atoms with E-state index in [0.717, 1.165) is 50.5 Å². The summed E-state index contributed by atoms with van der Waals surface area (Å²) in [7, 11) is 0. The molecule has 2 saturated carbocycles. The summed E-state index contributed by atoms with van der Waals surface area (Å²) in [5.74, 6) is 0.893. The molecular formula is C30H48O4. The molecule has 7 atom stereocenters. The van der Waals surface area contributed by atoms with Gasteiger partial charge in [-0.3, -0.25) is 4.79 Å². The van der Waals surface area contributed by atoms with Crippen LogP contribution in [0.15, 0.2) is 22.8 Å². The van der Waals surface area contributed by atoms with Gasteiger partial charge in [0, 0.05) is 16.7 Å². The number of ketones is 1. The maximum Gasteiger partial charge on any atom is 0.158 e. The normalized spacial score (nSPS) is 43.1. The molecule has 0 aromatic carbocycles. The summed E-state index contributed by atoms with van der Waals surface area (Å²) in [5, 5.41) is 33.1. The van der Waals surface area contributed by atoms with Crippen LogP contribution in [0.1, 0.15) is 107 Å². The van der Waals surface area contributed by atoms with E-state index in [1.165, 1.54) is 5.57 Å². The van der Waals surface area contributed by atoms with Gasteiger partial charge in [-0.05, 0) is 101 Å². The Balaban J connectivity index is 1.65. The summed E-state index contributed by atoms with van der Waals surface area (Å²) in [6, 6.07) is 0. The van der Waals surface area contributed by atoms with Crippen molar-refractivity contribution in [1.29, 1.82) is 0 Å². The summed E-state index contributed by atoms with van der Waals surface area (Å²) in [6.45, 7) is 16.2. The zero-order chi connectivity index (χ0) is 25.5. The first-order valence-electron chi connectivity index (χ1n) is 13.6. The lowest BCUT2D eigenvalue weighted by molar-refractivity contribution is -0.221. The van der Waals surface area contributed by atoms with Gasteiger partial charge in [0.15, 0.2) is 5.78 Å². The number of rotatable bonds is 4. The van der Waals surface area contributed by atoms with Gasteiger partial charge < -0.3 is 15.3 Å². The van der Waals surface area contributed by atoms with Crippen LogP contribution in [-0.2, 0) is 4.79 Å². The molecule has 2 fully saturated rings. The van der Waals surface area contributed by atoms with Crippen LogP contribution in [0.4, 0.5) is 0 Å². The van der Waals surface area contributed by atoms with Gasteiger partial charge in [-0.25, -0.2) is 0 Å². The molecule has 4 rings (SSSR count). The van der Waals surface area contributed by atoms with E-state index in [-0.39, 0.29) is 22.5 Å². The Morgan fingerprint density at radius 1 is 1.06 bits per heavy atom. The minimum Gasteiger partial charge on any atom is -0.392 e. The lowest BCUT2D eigenvalue weighted by Gasteiger charge is -2.64. The highest BCUT2D eigenvalue weighted by Gasteiger charge is 2.66. The SMILES string of the molecule is C/C(=C\C(=O)C(C)C1CCC2C3=C(CCC21C)C1(C)CCC(O)C(C)(C)C1(O)CC3)C(C)(C)O. The first-order chi connectivity index (χ1) is 15.5. The number of aliphatic hydroxyl groups excluding tert-OH is 1. The Hall–Kier alpha value is -0.970. The van der Waals surface area contributed by atoms with Gasteiger partial charge in [0.2, 0.25) is 0 Å². The summed E-state index contributed by atoms with van der Waals surface area (Å²) < 4.78 is 0. The summed E-state index contributed by atoms with van der Waals surface area (Å²) in [5.41, 5.74) is 1.20. The second kappa shape index (κ2) is 8.02. The monoisotopic (exact) mass is 472 g/mol. The van der Waals surface area contributed by atoms with Crippen LogP contribution in [-0.4, -0.2) is 38.4 Å². The van der Waals surface area contributed by atoms with Crippen molar-refractivity contribution >= 4 is 5.78 Å². The second-order valence-corrected chi connectivity index (χ2v) is 13.8. The molecule has 0 aliphatic heterocycles. The molecule has 192 valence electrons. The third kappa shape index (κ3) is 3.45. The zero-order valence-corrected chi connectivity index (χ0v) is 22.8. The molecule has 4 aliphatic rings. The number of aliphatic hydroxyl groups is 3. The van der Waals surface area contributed by atoms with E-state index in [2.05, 4.69) is 34.6 Å². The van der Waals surface area contributed by atoms with Crippen LogP contribution in [0.5, 0.6) is 0 Å². The topological polar surface area (TPSA) is 77.8 Å².